The molecule has 0 saturated carbocycles. The summed E-state index contributed by atoms with van der Waals surface area (Å²) in [4.78, 5) is 36.9. The number of carbonyl (C=O) groups is 3. The highest BCUT2D eigenvalue weighted by Crippen LogP contribution is 2.23. The lowest BCUT2D eigenvalue weighted by atomic mass is 9.91. The van der Waals surface area contributed by atoms with Gasteiger partial charge in [0.05, 0.1) is 5.92 Å². The van der Waals surface area contributed by atoms with Gasteiger partial charge in [-0.25, -0.2) is 0 Å². The quantitative estimate of drug-likeness (QED) is 0.805. The van der Waals surface area contributed by atoms with E-state index in [-0.39, 0.29) is 30.1 Å². The van der Waals surface area contributed by atoms with Crippen LogP contribution in [0.2, 0.25) is 0 Å². The van der Waals surface area contributed by atoms with E-state index < -0.39 is 11.4 Å². The Morgan fingerprint density at radius 3 is 2.50 bits per heavy atom. The molecule has 2 amide bonds. The maximum Gasteiger partial charge on any atom is 0.303 e. The zero-order valence-electron chi connectivity index (χ0n) is 14.0. The summed E-state index contributed by atoms with van der Waals surface area (Å²) in [6.07, 6.45) is 1.64. The second kappa shape index (κ2) is 7.61. The third-order valence-electron chi connectivity index (χ3n) is 3.87. The van der Waals surface area contributed by atoms with Crippen LogP contribution in [-0.4, -0.2) is 47.4 Å². The van der Waals surface area contributed by atoms with Crippen molar-refractivity contribution >= 4 is 17.8 Å². The largest absolute Gasteiger partial charge is 0.481 e. The SMILES string of the molecule is CC(CNC(=O)C1CCCN(C(=O)C(C)(C)C)C1)CC(=O)O. The predicted octanol–water partition coefficient (Wildman–Crippen LogP) is 1.50. The summed E-state index contributed by atoms with van der Waals surface area (Å²) in [5.74, 6) is -1.16. The fourth-order valence-electron chi connectivity index (χ4n) is 2.64. The molecule has 0 radical (unpaired) electrons. The van der Waals surface area contributed by atoms with Crippen molar-refractivity contribution in [2.24, 2.45) is 17.3 Å². The van der Waals surface area contributed by atoms with Crippen LogP contribution in [0.25, 0.3) is 0 Å². The molecule has 2 atom stereocenters. The number of nitrogens with zero attached hydrogens (tertiary/aromatic N) is 1. The molecular formula is C16H28N2O4. The number of aliphatic carboxylic acids is 1. The van der Waals surface area contributed by atoms with Gasteiger partial charge in [0.2, 0.25) is 11.8 Å². The summed E-state index contributed by atoms with van der Waals surface area (Å²) in [5, 5.41) is 11.5. The van der Waals surface area contributed by atoms with E-state index in [1.54, 1.807) is 11.8 Å². The first-order valence-electron chi connectivity index (χ1n) is 7.90. The molecule has 1 rings (SSSR count). The number of carboxylic acid groups (broad SMARTS) is 1. The van der Waals surface area contributed by atoms with E-state index in [0.717, 1.165) is 12.8 Å². The summed E-state index contributed by atoms with van der Waals surface area (Å²) in [6.45, 7) is 8.95. The molecule has 1 heterocycles. The van der Waals surface area contributed by atoms with Crippen molar-refractivity contribution in [1.82, 2.24) is 10.2 Å². The summed E-state index contributed by atoms with van der Waals surface area (Å²) >= 11 is 0. The molecule has 1 aliphatic heterocycles. The van der Waals surface area contributed by atoms with Gasteiger partial charge in [-0.05, 0) is 18.8 Å². The van der Waals surface area contributed by atoms with Gasteiger partial charge in [0.1, 0.15) is 0 Å². The van der Waals surface area contributed by atoms with Crippen molar-refractivity contribution in [2.45, 2.75) is 47.0 Å². The Morgan fingerprint density at radius 2 is 1.95 bits per heavy atom. The van der Waals surface area contributed by atoms with Gasteiger partial charge in [0, 0.05) is 31.5 Å². The van der Waals surface area contributed by atoms with Crippen LogP contribution in [0.3, 0.4) is 0 Å². The minimum absolute atomic E-state index is 0.0413. The van der Waals surface area contributed by atoms with E-state index in [1.807, 2.05) is 20.8 Å². The molecule has 0 aromatic carbocycles. The lowest BCUT2D eigenvalue weighted by Gasteiger charge is -2.36. The zero-order valence-corrected chi connectivity index (χ0v) is 14.0. The number of rotatable bonds is 5. The molecule has 0 aromatic heterocycles. The minimum Gasteiger partial charge on any atom is -0.481 e. The summed E-state index contributed by atoms with van der Waals surface area (Å²) < 4.78 is 0. The van der Waals surface area contributed by atoms with Crippen molar-refractivity contribution in [3.05, 3.63) is 0 Å². The normalized spacial score (nSPS) is 20.4. The summed E-state index contributed by atoms with van der Waals surface area (Å²) in [7, 11) is 0. The molecule has 0 bridgehead atoms. The van der Waals surface area contributed by atoms with Gasteiger partial charge in [-0.1, -0.05) is 27.7 Å². The molecule has 2 N–H and O–H groups in total. The lowest BCUT2D eigenvalue weighted by molar-refractivity contribution is -0.143. The third-order valence-corrected chi connectivity index (χ3v) is 3.87. The Bertz CT molecular complexity index is 428. The fourth-order valence-corrected chi connectivity index (χ4v) is 2.64. The van der Waals surface area contributed by atoms with E-state index in [2.05, 4.69) is 5.32 Å². The van der Waals surface area contributed by atoms with E-state index in [4.69, 9.17) is 5.11 Å². The van der Waals surface area contributed by atoms with Crippen LogP contribution in [0.1, 0.15) is 47.0 Å². The number of carboxylic acids is 1. The first kappa shape index (κ1) is 18.5. The number of piperidine rings is 1. The van der Waals surface area contributed by atoms with Crippen LogP contribution in [0.15, 0.2) is 0 Å². The first-order chi connectivity index (χ1) is 10.1. The molecule has 6 nitrogen and oxygen atoms in total. The van der Waals surface area contributed by atoms with Gasteiger partial charge in [-0.3, -0.25) is 14.4 Å². The summed E-state index contributed by atoms with van der Waals surface area (Å²) in [5.41, 5.74) is -0.436. The van der Waals surface area contributed by atoms with Crippen molar-refractivity contribution in [1.29, 1.82) is 0 Å². The van der Waals surface area contributed by atoms with E-state index in [1.165, 1.54) is 0 Å². The Morgan fingerprint density at radius 1 is 1.32 bits per heavy atom. The van der Waals surface area contributed by atoms with Gasteiger partial charge in [-0.15, -0.1) is 0 Å². The average molecular weight is 312 g/mol. The van der Waals surface area contributed by atoms with Crippen molar-refractivity contribution in [2.75, 3.05) is 19.6 Å². The average Bonchev–Trinajstić information content (AvgIpc) is 2.42. The maximum atomic E-state index is 12.3. The van der Waals surface area contributed by atoms with E-state index in [9.17, 15) is 14.4 Å². The highest BCUT2D eigenvalue weighted by molar-refractivity contribution is 5.83. The molecule has 22 heavy (non-hydrogen) atoms. The summed E-state index contributed by atoms with van der Waals surface area (Å²) in [6, 6.07) is 0. The standard InChI is InChI=1S/C16H28N2O4/c1-11(8-13(19)20)9-17-14(21)12-6-5-7-18(10-12)15(22)16(2,3)4/h11-12H,5-10H2,1-4H3,(H,17,21)(H,19,20). The lowest BCUT2D eigenvalue weighted by Crippen LogP contribution is -2.49. The third kappa shape index (κ3) is 5.66. The van der Waals surface area contributed by atoms with Crippen LogP contribution >= 0.6 is 0 Å². The maximum absolute atomic E-state index is 12.3. The van der Waals surface area contributed by atoms with Crippen LogP contribution in [0, 0.1) is 17.3 Å². The molecule has 1 aliphatic rings. The molecule has 2 unspecified atom stereocenters. The van der Waals surface area contributed by atoms with Crippen LogP contribution in [0.4, 0.5) is 0 Å². The second-order valence-corrected chi connectivity index (χ2v) is 7.29. The van der Waals surface area contributed by atoms with Gasteiger partial charge in [0.25, 0.3) is 0 Å². The predicted molar refractivity (Wildman–Crippen MR) is 83.2 cm³/mol. The second-order valence-electron chi connectivity index (χ2n) is 7.29. The molecule has 0 spiro atoms. The van der Waals surface area contributed by atoms with E-state index >= 15 is 0 Å². The molecule has 6 heteroatoms. The molecular weight excluding hydrogens is 284 g/mol. The van der Waals surface area contributed by atoms with Gasteiger partial charge in [0.15, 0.2) is 0 Å². The van der Waals surface area contributed by atoms with Crippen LogP contribution in [0.5, 0.6) is 0 Å². The number of amides is 2. The number of carbonyl (C=O) groups excluding carboxylic acids is 2. The van der Waals surface area contributed by atoms with Crippen molar-refractivity contribution in [3.8, 4) is 0 Å². The number of hydrogen-bond donors (Lipinski definition) is 2. The molecule has 1 fully saturated rings. The minimum atomic E-state index is -0.860. The van der Waals surface area contributed by atoms with Gasteiger partial charge < -0.3 is 15.3 Å². The van der Waals surface area contributed by atoms with E-state index in [0.29, 0.717) is 19.6 Å². The number of likely N-dealkylation sites (tertiary alicyclic amines) is 1. The number of nitrogens with one attached hydrogen (secondary N) is 1. The Labute approximate surface area is 132 Å². The van der Waals surface area contributed by atoms with Crippen molar-refractivity contribution < 1.29 is 19.5 Å². The first-order valence-corrected chi connectivity index (χ1v) is 7.90. The van der Waals surface area contributed by atoms with Crippen molar-refractivity contribution in [3.63, 3.8) is 0 Å². The molecule has 126 valence electrons. The van der Waals surface area contributed by atoms with Crippen LogP contribution < -0.4 is 5.32 Å². The van der Waals surface area contributed by atoms with Gasteiger partial charge >= 0.3 is 5.97 Å². The molecule has 0 aromatic rings. The van der Waals surface area contributed by atoms with Gasteiger partial charge in [-0.2, -0.15) is 0 Å². The Kier molecular flexibility index (Phi) is 6.38. The monoisotopic (exact) mass is 312 g/mol. The Hall–Kier alpha value is -1.59. The highest BCUT2D eigenvalue weighted by Gasteiger charge is 2.33. The smallest absolute Gasteiger partial charge is 0.303 e. The zero-order chi connectivity index (χ0) is 16.9. The number of hydrogen-bond acceptors (Lipinski definition) is 3. The molecule has 0 aliphatic carbocycles. The highest BCUT2D eigenvalue weighted by atomic mass is 16.4. The Balaban J connectivity index is 2.49. The molecule has 1 saturated heterocycles. The topological polar surface area (TPSA) is 86.7 Å². The fraction of sp³-hybridized carbons (Fsp3) is 0.812. The van der Waals surface area contributed by atoms with Crippen LogP contribution in [-0.2, 0) is 14.4 Å².